The Morgan fingerprint density at radius 1 is 0.444 bits per heavy atom. The lowest BCUT2D eigenvalue weighted by atomic mass is 9.67. The third-order valence-corrected chi connectivity index (χ3v) is 14.9. The summed E-state index contributed by atoms with van der Waals surface area (Å²) in [6, 6.07) is 92.0. The van der Waals surface area contributed by atoms with Gasteiger partial charge in [0.2, 0.25) is 0 Å². The molecule has 0 aliphatic heterocycles. The topological polar surface area (TPSA) is 8.17 Å². The number of allylic oxidation sites excluding steroid dienone is 5. The molecule has 340 valence electrons. The van der Waals surface area contributed by atoms with Gasteiger partial charge in [0, 0.05) is 38.9 Å². The first-order valence-electron chi connectivity index (χ1n) is 24.9. The van der Waals surface area contributed by atoms with E-state index in [1.807, 2.05) is 19.1 Å². The summed E-state index contributed by atoms with van der Waals surface area (Å²) in [7, 11) is 0. The number of rotatable bonds is 10. The Hall–Kier alpha value is -9.24. The molecule has 1 heterocycles. The van der Waals surface area contributed by atoms with E-state index < -0.39 is 5.41 Å². The number of fused-ring (bicyclic) bond motifs is 9. The van der Waals surface area contributed by atoms with Crippen LogP contribution in [0.3, 0.4) is 0 Å². The molecule has 11 aromatic carbocycles. The molecule has 0 atom stereocenters. The summed E-state index contributed by atoms with van der Waals surface area (Å²) in [6.07, 6.45) is 8.23. The van der Waals surface area contributed by atoms with Gasteiger partial charge in [0.15, 0.2) is 0 Å². The van der Waals surface area contributed by atoms with Crippen LogP contribution in [0.5, 0.6) is 0 Å². The minimum Gasteiger partial charge on any atom is -0.310 e. The van der Waals surface area contributed by atoms with E-state index in [0.717, 1.165) is 39.4 Å². The minimum absolute atomic E-state index is 0.639. The normalized spacial score (nSPS) is 12.8. The fourth-order valence-electron chi connectivity index (χ4n) is 11.6. The average Bonchev–Trinajstić information content (AvgIpc) is 3.94. The predicted octanol–water partition coefficient (Wildman–Crippen LogP) is 18.7. The van der Waals surface area contributed by atoms with Crippen molar-refractivity contribution in [1.82, 2.24) is 4.57 Å². The van der Waals surface area contributed by atoms with Gasteiger partial charge in [-0.3, -0.25) is 0 Å². The van der Waals surface area contributed by atoms with Gasteiger partial charge in [-0.05, 0) is 139 Å². The van der Waals surface area contributed by atoms with Crippen molar-refractivity contribution in [2.45, 2.75) is 12.3 Å². The van der Waals surface area contributed by atoms with Gasteiger partial charge in [-0.2, -0.15) is 0 Å². The van der Waals surface area contributed by atoms with Crippen molar-refractivity contribution in [2.75, 3.05) is 4.90 Å². The van der Waals surface area contributed by atoms with Crippen molar-refractivity contribution >= 4 is 66.0 Å². The molecule has 0 unspecified atom stereocenters. The van der Waals surface area contributed by atoms with Crippen LogP contribution in [-0.2, 0) is 5.41 Å². The van der Waals surface area contributed by atoms with E-state index in [4.69, 9.17) is 0 Å². The summed E-state index contributed by atoms with van der Waals surface area (Å²) in [5.41, 5.74) is 17.8. The first-order valence-corrected chi connectivity index (χ1v) is 24.9. The second-order valence-corrected chi connectivity index (χ2v) is 18.9. The highest BCUT2D eigenvalue weighted by molar-refractivity contribution is 6.19. The van der Waals surface area contributed by atoms with Crippen LogP contribution in [0.15, 0.2) is 280 Å². The highest BCUT2D eigenvalue weighted by Crippen LogP contribution is 2.58. The van der Waals surface area contributed by atoms with Crippen LogP contribution >= 0.6 is 0 Å². The summed E-state index contributed by atoms with van der Waals surface area (Å²) in [6.45, 7) is 6.57. The van der Waals surface area contributed by atoms with E-state index in [1.165, 1.54) is 82.3 Å². The number of para-hydroxylation sites is 1. The van der Waals surface area contributed by atoms with Crippen LogP contribution < -0.4 is 4.90 Å². The van der Waals surface area contributed by atoms with Crippen molar-refractivity contribution in [1.29, 1.82) is 0 Å². The predicted molar refractivity (Wildman–Crippen MR) is 306 cm³/mol. The van der Waals surface area contributed by atoms with Gasteiger partial charge < -0.3 is 9.47 Å². The molecule has 2 nitrogen and oxygen atoms in total. The van der Waals surface area contributed by atoms with Crippen molar-refractivity contribution < 1.29 is 0 Å². The monoisotopic (exact) mass is 918 g/mol. The molecule has 1 aliphatic carbocycles. The Balaban J connectivity index is 1.08. The second-order valence-electron chi connectivity index (χ2n) is 18.9. The fourth-order valence-corrected chi connectivity index (χ4v) is 11.6. The molecule has 0 bridgehead atoms. The van der Waals surface area contributed by atoms with Gasteiger partial charge in [-0.1, -0.05) is 219 Å². The van der Waals surface area contributed by atoms with Gasteiger partial charge in [0.05, 0.1) is 16.4 Å². The molecule has 0 spiro atoms. The summed E-state index contributed by atoms with van der Waals surface area (Å²) in [5.74, 6) is 0. The first-order chi connectivity index (χ1) is 35.6. The maximum Gasteiger partial charge on any atom is 0.0714 e. The number of benzene rings is 11. The highest BCUT2D eigenvalue weighted by atomic mass is 15.1. The highest BCUT2D eigenvalue weighted by Gasteiger charge is 2.46. The smallest absolute Gasteiger partial charge is 0.0714 e. The third kappa shape index (κ3) is 6.94. The Morgan fingerprint density at radius 2 is 1.03 bits per heavy atom. The summed E-state index contributed by atoms with van der Waals surface area (Å²) in [4.78, 5) is 2.45. The van der Waals surface area contributed by atoms with Gasteiger partial charge in [0.25, 0.3) is 0 Å². The Kier molecular flexibility index (Phi) is 10.5. The Labute approximate surface area is 421 Å². The molecule has 72 heavy (non-hydrogen) atoms. The Morgan fingerprint density at radius 3 is 1.79 bits per heavy atom. The summed E-state index contributed by atoms with van der Waals surface area (Å²) < 4.78 is 2.46. The maximum atomic E-state index is 4.54. The number of hydrogen-bond donors (Lipinski definition) is 0. The third-order valence-electron chi connectivity index (χ3n) is 14.9. The van der Waals surface area contributed by atoms with E-state index >= 15 is 0 Å². The van der Waals surface area contributed by atoms with E-state index in [1.54, 1.807) is 0 Å². The van der Waals surface area contributed by atoms with E-state index in [0.29, 0.717) is 0 Å². The first kappa shape index (κ1) is 42.8. The van der Waals surface area contributed by atoms with Crippen LogP contribution in [0.4, 0.5) is 17.1 Å². The molecule has 0 radical (unpaired) electrons. The zero-order chi connectivity index (χ0) is 48.2. The number of aromatic nitrogens is 1. The number of anilines is 3. The molecule has 0 N–H and O–H groups in total. The largest absolute Gasteiger partial charge is 0.310 e. The summed E-state index contributed by atoms with van der Waals surface area (Å²) in [5, 5.41) is 7.35. The van der Waals surface area contributed by atoms with Gasteiger partial charge in [-0.25, -0.2) is 0 Å². The molecule has 1 aliphatic rings. The van der Waals surface area contributed by atoms with E-state index in [-0.39, 0.29) is 0 Å². The molecular formula is C70H50N2. The lowest BCUT2D eigenvalue weighted by Gasteiger charge is -2.35. The minimum atomic E-state index is -0.639. The van der Waals surface area contributed by atoms with Crippen molar-refractivity contribution in [3.05, 3.63) is 307 Å². The maximum absolute atomic E-state index is 4.54. The lowest BCUT2D eigenvalue weighted by Crippen LogP contribution is -2.28. The zero-order valence-electron chi connectivity index (χ0n) is 40.1. The molecule has 0 saturated heterocycles. The molecule has 0 fully saturated rings. The van der Waals surface area contributed by atoms with E-state index in [9.17, 15) is 0 Å². The van der Waals surface area contributed by atoms with Crippen LogP contribution in [0.1, 0.15) is 34.7 Å². The van der Waals surface area contributed by atoms with Gasteiger partial charge in [0.1, 0.15) is 0 Å². The lowest BCUT2D eigenvalue weighted by molar-refractivity contribution is 0.768. The van der Waals surface area contributed by atoms with Gasteiger partial charge >= 0.3 is 0 Å². The quantitative estimate of drug-likeness (QED) is 0.124. The van der Waals surface area contributed by atoms with Crippen molar-refractivity contribution in [2.24, 2.45) is 0 Å². The zero-order valence-corrected chi connectivity index (χ0v) is 40.1. The molecule has 0 amide bonds. The van der Waals surface area contributed by atoms with Crippen molar-refractivity contribution in [3.8, 4) is 27.9 Å². The molecule has 12 aromatic rings. The molecular weight excluding hydrogens is 869 g/mol. The van der Waals surface area contributed by atoms with Crippen LogP contribution in [0.2, 0.25) is 0 Å². The standard InChI is InChI=1S/C70H50N2/c1-3-4-8-20-48(2)51-24-19-31-58(44-51)71(60-38-42-64-65-40-35-50-22-17-18-32-61(50)69(65)72(68(64)47-60)57-29-13-7-14-30-57)59-37-41-63-62-39-36-54(53-34-33-49-21-15-16-23-52(49)43-53)45-66(62)70(67(63)46-59,55-25-9-5-10-26-55)56-27-11-6-12-28-56/h3-47H,2H2,1H3/b4-3-,20-8-. The Bertz CT molecular complexity index is 4080. The van der Waals surface area contributed by atoms with Crippen LogP contribution in [0, 0.1) is 0 Å². The molecule has 1 aromatic heterocycles. The fraction of sp³-hybridized carbons (Fsp3) is 0.0286. The molecule has 2 heteroatoms. The second kappa shape index (κ2) is 17.6. The molecule has 13 rings (SSSR count). The average molecular weight is 919 g/mol. The summed E-state index contributed by atoms with van der Waals surface area (Å²) >= 11 is 0. The molecule has 0 saturated carbocycles. The SMILES string of the molecule is C=C(/C=C\C=C/C)c1cccc(N(c2ccc3c(c2)C(c2ccccc2)(c2ccccc2)c2cc(-c4ccc5ccccc5c4)ccc2-3)c2ccc3c4ccc5ccccc5c4n(-c4ccccc4)c3c2)c1. The van der Waals surface area contributed by atoms with E-state index in [2.05, 4.69) is 277 Å². The van der Waals surface area contributed by atoms with Crippen LogP contribution in [-0.4, -0.2) is 4.57 Å². The number of hydrogen-bond acceptors (Lipinski definition) is 1. The van der Waals surface area contributed by atoms with Crippen molar-refractivity contribution in [3.63, 3.8) is 0 Å². The van der Waals surface area contributed by atoms with Crippen LogP contribution in [0.25, 0.3) is 76.9 Å². The van der Waals surface area contributed by atoms with Gasteiger partial charge in [-0.15, -0.1) is 0 Å². The number of nitrogens with zero attached hydrogens (tertiary/aromatic N) is 2.